The minimum atomic E-state index is -0.794. The highest BCUT2D eigenvalue weighted by molar-refractivity contribution is 6.07. The summed E-state index contributed by atoms with van der Waals surface area (Å²) in [6.07, 6.45) is 4.64. The molecule has 0 atom stereocenters. The number of carbonyl (C=O) groups excluding carboxylic acids is 3. The summed E-state index contributed by atoms with van der Waals surface area (Å²) in [5.74, 6) is -1.86. The van der Waals surface area contributed by atoms with Crippen LogP contribution in [-0.2, 0) is 9.59 Å². The molecule has 7 heteroatoms. The number of aromatic nitrogens is 1. The van der Waals surface area contributed by atoms with Gasteiger partial charge in [-0.15, -0.1) is 0 Å². The average molecular weight is 488 g/mol. The summed E-state index contributed by atoms with van der Waals surface area (Å²) in [7, 11) is 0. The number of Topliss-reactive ketones (excluding diaryl/α,β-unsaturated/α-hetero) is 2. The van der Waals surface area contributed by atoms with E-state index in [1.165, 1.54) is 18.5 Å². The van der Waals surface area contributed by atoms with E-state index in [0.717, 1.165) is 0 Å². The molecule has 0 saturated carbocycles. The van der Waals surface area contributed by atoms with Crippen LogP contribution in [0.2, 0.25) is 0 Å². The minimum absolute atomic E-state index is 0.123. The molecule has 0 spiro atoms. The van der Waals surface area contributed by atoms with E-state index in [1.54, 1.807) is 35.3 Å². The van der Waals surface area contributed by atoms with E-state index in [1.807, 2.05) is 27.7 Å². The molecule has 1 amide bonds. The lowest BCUT2D eigenvalue weighted by molar-refractivity contribution is -0.119. The molecule has 0 bridgehead atoms. The average Bonchev–Trinajstić information content (AvgIpc) is 2.79. The van der Waals surface area contributed by atoms with Crippen molar-refractivity contribution in [3.63, 3.8) is 0 Å². The van der Waals surface area contributed by atoms with E-state index in [4.69, 9.17) is 0 Å². The van der Waals surface area contributed by atoms with Crippen molar-refractivity contribution in [1.29, 1.82) is 0 Å². The number of rotatable bonds is 3. The summed E-state index contributed by atoms with van der Waals surface area (Å²) in [5, 5.41) is 1.67. The summed E-state index contributed by atoms with van der Waals surface area (Å²) < 4.78 is 15.2. The van der Waals surface area contributed by atoms with Crippen molar-refractivity contribution in [1.82, 2.24) is 15.4 Å². The number of carbonyl (C=O) groups is 3. The van der Waals surface area contributed by atoms with Crippen molar-refractivity contribution >= 4 is 17.5 Å². The molecule has 2 heterocycles. The number of amides is 1. The van der Waals surface area contributed by atoms with Crippen molar-refractivity contribution in [2.45, 2.75) is 59.3 Å². The van der Waals surface area contributed by atoms with Crippen LogP contribution in [0.4, 0.5) is 4.39 Å². The van der Waals surface area contributed by atoms with Crippen molar-refractivity contribution in [3.05, 3.63) is 88.3 Å². The predicted octanol–water partition coefficient (Wildman–Crippen LogP) is 5.25. The Kier molecular flexibility index (Phi) is 5.69. The zero-order valence-electron chi connectivity index (χ0n) is 21.0. The van der Waals surface area contributed by atoms with Gasteiger partial charge in [-0.2, -0.15) is 0 Å². The van der Waals surface area contributed by atoms with Crippen LogP contribution in [0.3, 0.4) is 0 Å². The first-order valence-electron chi connectivity index (χ1n) is 12.3. The van der Waals surface area contributed by atoms with Crippen LogP contribution in [0.25, 0.3) is 0 Å². The Morgan fingerprint density at radius 1 is 0.889 bits per heavy atom. The lowest BCUT2D eigenvalue weighted by Crippen LogP contribution is -2.50. The zero-order chi connectivity index (χ0) is 25.8. The molecule has 2 aliphatic carbocycles. The smallest absolute Gasteiger partial charge is 0.270 e. The van der Waals surface area contributed by atoms with Gasteiger partial charge in [-0.05, 0) is 41.9 Å². The molecular formula is C29H30FN3O3. The van der Waals surface area contributed by atoms with Crippen LogP contribution in [0, 0.1) is 16.6 Å². The van der Waals surface area contributed by atoms with Crippen LogP contribution in [0.1, 0.15) is 75.2 Å². The third-order valence-electron chi connectivity index (χ3n) is 7.28. The Morgan fingerprint density at radius 3 is 1.94 bits per heavy atom. The first kappa shape index (κ1) is 24.1. The highest BCUT2D eigenvalue weighted by atomic mass is 19.1. The first-order valence-corrected chi connectivity index (χ1v) is 12.3. The number of hydrogen-bond acceptors (Lipinski definition) is 5. The van der Waals surface area contributed by atoms with Crippen LogP contribution >= 0.6 is 0 Å². The number of hydrogen-bond donors (Lipinski definition) is 1. The molecule has 0 fully saturated rings. The maximum Gasteiger partial charge on any atom is 0.270 e. The van der Waals surface area contributed by atoms with Gasteiger partial charge in [0, 0.05) is 64.8 Å². The fourth-order valence-corrected chi connectivity index (χ4v) is 5.79. The minimum Gasteiger partial charge on any atom is -0.294 e. The molecule has 186 valence electrons. The van der Waals surface area contributed by atoms with E-state index in [0.29, 0.717) is 46.5 Å². The van der Waals surface area contributed by atoms with Gasteiger partial charge in [0.2, 0.25) is 0 Å². The molecule has 36 heavy (non-hydrogen) atoms. The number of ketones is 2. The lowest BCUT2D eigenvalue weighted by atomic mass is 9.64. The van der Waals surface area contributed by atoms with Gasteiger partial charge in [0.15, 0.2) is 11.6 Å². The van der Waals surface area contributed by atoms with Crippen LogP contribution in [0.15, 0.2) is 71.3 Å². The molecule has 1 N–H and O–H groups in total. The summed E-state index contributed by atoms with van der Waals surface area (Å²) in [6, 6.07) is 9.56. The monoisotopic (exact) mass is 487 g/mol. The van der Waals surface area contributed by atoms with E-state index >= 15 is 4.39 Å². The Bertz CT molecular complexity index is 1290. The second-order valence-electron chi connectivity index (χ2n) is 11.6. The lowest BCUT2D eigenvalue weighted by Gasteiger charge is -2.48. The quantitative estimate of drug-likeness (QED) is 0.640. The Morgan fingerprint density at radius 2 is 1.42 bits per heavy atom. The number of nitrogens with one attached hydrogen (secondary N) is 1. The van der Waals surface area contributed by atoms with Crippen molar-refractivity contribution in [2.24, 2.45) is 10.8 Å². The van der Waals surface area contributed by atoms with Gasteiger partial charge in [0.05, 0.1) is 0 Å². The molecule has 0 unspecified atom stereocenters. The third kappa shape index (κ3) is 4.16. The first-order chi connectivity index (χ1) is 17.0. The molecular weight excluding hydrogens is 457 g/mol. The Hall–Kier alpha value is -3.61. The van der Waals surface area contributed by atoms with Gasteiger partial charge in [-0.3, -0.25) is 29.8 Å². The molecule has 1 aliphatic heterocycles. The van der Waals surface area contributed by atoms with Crippen LogP contribution in [0.5, 0.6) is 0 Å². The summed E-state index contributed by atoms with van der Waals surface area (Å²) in [4.78, 5) is 44.7. The molecule has 1 aromatic heterocycles. The second-order valence-corrected chi connectivity index (χ2v) is 11.6. The Labute approximate surface area is 210 Å². The highest BCUT2D eigenvalue weighted by Gasteiger charge is 2.50. The zero-order valence-corrected chi connectivity index (χ0v) is 21.0. The third-order valence-corrected chi connectivity index (χ3v) is 7.28. The number of allylic oxidation sites excluding steroid dienone is 4. The molecule has 2 aromatic rings. The van der Waals surface area contributed by atoms with E-state index in [-0.39, 0.29) is 41.1 Å². The molecule has 1 aromatic carbocycles. The van der Waals surface area contributed by atoms with Crippen LogP contribution in [-0.4, -0.2) is 27.5 Å². The number of nitrogens with zero attached hydrogens (tertiary/aromatic N) is 2. The molecule has 3 aliphatic rings. The second kappa shape index (κ2) is 8.50. The van der Waals surface area contributed by atoms with E-state index in [2.05, 4.69) is 10.4 Å². The van der Waals surface area contributed by atoms with Gasteiger partial charge >= 0.3 is 0 Å². The number of pyridine rings is 1. The summed E-state index contributed by atoms with van der Waals surface area (Å²) in [6.45, 7) is 8.04. The number of benzene rings is 1. The van der Waals surface area contributed by atoms with Crippen molar-refractivity contribution in [2.75, 3.05) is 0 Å². The largest absolute Gasteiger partial charge is 0.294 e. The fourth-order valence-electron chi connectivity index (χ4n) is 5.79. The normalized spacial score (nSPS) is 21.3. The SMILES string of the molecule is CC1(C)CC(=O)C2=C(C1)N(NC(=O)c1ccncc1)C1=C(C(=O)CC(C)(C)C1)C2c1ccccc1F. The van der Waals surface area contributed by atoms with Crippen LogP contribution < -0.4 is 5.43 Å². The highest BCUT2D eigenvalue weighted by Crippen LogP contribution is 2.54. The van der Waals surface area contributed by atoms with Gasteiger partial charge in [-0.1, -0.05) is 45.9 Å². The standard InChI is InChI=1S/C29H30FN3O3/c1-28(2)13-20-25(22(34)15-28)24(18-7-5-6-8-19(18)30)26-21(14-29(3,4)16-23(26)35)33(20)32-27(36)17-9-11-31-12-10-17/h5-12,24H,13-16H2,1-4H3,(H,32,36). The maximum absolute atomic E-state index is 15.2. The topological polar surface area (TPSA) is 79.4 Å². The Balaban J connectivity index is 1.75. The molecule has 0 saturated heterocycles. The maximum atomic E-state index is 15.2. The summed E-state index contributed by atoms with van der Waals surface area (Å²) in [5.41, 5.74) is 5.08. The van der Waals surface area contributed by atoms with Crippen molar-refractivity contribution < 1.29 is 18.8 Å². The van der Waals surface area contributed by atoms with Crippen molar-refractivity contribution in [3.8, 4) is 0 Å². The fraction of sp³-hybridized carbons (Fsp3) is 0.379. The van der Waals surface area contributed by atoms with E-state index < -0.39 is 11.7 Å². The molecule has 6 nitrogen and oxygen atoms in total. The molecule has 5 rings (SSSR count). The van der Waals surface area contributed by atoms with Gasteiger partial charge in [0.25, 0.3) is 5.91 Å². The van der Waals surface area contributed by atoms with E-state index in [9.17, 15) is 14.4 Å². The van der Waals surface area contributed by atoms with Gasteiger partial charge < -0.3 is 0 Å². The molecule has 0 radical (unpaired) electrons. The predicted molar refractivity (Wildman–Crippen MR) is 133 cm³/mol. The number of halogens is 1. The van der Waals surface area contributed by atoms with Gasteiger partial charge in [0.1, 0.15) is 5.82 Å². The summed E-state index contributed by atoms with van der Waals surface area (Å²) >= 11 is 0. The van der Waals surface area contributed by atoms with Gasteiger partial charge in [-0.25, -0.2) is 4.39 Å². The number of hydrazine groups is 1.